The van der Waals surface area contributed by atoms with E-state index in [-0.39, 0.29) is 5.97 Å². The van der Waals surface area contributed by atoms with Crippen LogP contribution in [0.4, 0.5) is 5.69 Å². The topological polar surface area (TPSA) is 38.7 Å². The number of fused-ring (bicyclic) bond motifs is 1. The van der Waals surface area contributed by atoms with Crippen molar-refractivity contribution >= 4 is 17.4 Å². The third-order valence-electron chi connectivity index (χ3n) is 4.98. The average Bonchev–Trinajstić information content (AvgIpc) is 3.05. The molecule has 1 unspecified atom stereocenters. The molecule has 0 fully saturated rings. The Kier molecular flexibility index (Phi) is 4.59. The number of ether oxygens (including phenoxy) is 1. The molecule has 3 aromatic rings. The van der Waals surface area contributed by atoms with E-state index in [1.807, 2.05) is 91.9 Å². The normalized spacial score (nSPS) is 17.9. The number of hydrogen-bond donors (Lipinski definition) is 0. The van der Waals surface area contributed by atoms with Gasteiger partial charge in [-0.1, -0.05) is 78.9 Å². The van der Waals surface area contributed by atoms with Crippen LogP contribution in [0.1, 0.15) is 23.6 Å². The van der Waals surface area contributed by atoms with Gasteiger partial charge in [0.15, 0.2) is 0 Å². The second-order valence-electron chi connectivity index (χ2n) is 6.63. The summed E-state index contributed by atoms with van der Waals surface area (Å²) in [7, 11) is 0. The van der Waals surface area contributed by atoms with Gasteiger partial charge in [0, 0.05) is 5.56 Å². The summed E-state index contributed by atoms with van der Waals surface area (Å²) in [5.41, 5.74) is 3.57. The molecule has 1 heterocycles. The fourth-order valence-corrected chi connectivity index (χ4v) is 3.80. The zero-order chi connectivity index (χ0) is 18.7. The van der Waals surface area contributed by atoms with Gasteiger partial charge in [0.2, 0.25) is 0 Å². The standard InChI is InChI=1S/C24H21NO2/c1-2-27-23(26)24(17-18-11-5-3-6-12-18)20-15-9-10-16-21(20)25-22(24)19-13-7-4-8-14-19/h3-16H,2,17H2,1H3. The van der Waals surface area contributed by atoms with Crippen molar-refractivity contribution in [2.75, 3.05) is 6.61 Å². The molecule has 0 aromatic heterocycles. The molecule has 27 heavy (non-hydrogen) atoms. The molecule has 1 aliphatic heterocycles. The predicted molar refractivity (Wildman–Crippen MR) is 108 cm³/mol. The smallest absolute Gasteiger partial charge is 0.323 e. The van der Waals surface area contributed by atoms with Crippen molar-refractivity contribution < 1.29 is 9.53 Å². The molecule has 0 aliphatic carbocycles. The molecule has 0 amide bonds. The summed E-state index contributed by atoms with van der Waals surface area (Å²) in [5, 5.41) is 0. The Morgan fingerprint density at radius 3 is 2.22 bits per heavy atom. The van der Waals surface area contributed by atoms with E-state index >= 15 is 0 Å². The van der Waals surface area contributed by atoms with Crippen LogP contribution in [0.2, 0.25) is 0 Å². The molecule has 0 spiro atoms. The van der Waals surface area contributed by atoms with Crippen LogP contribution < -0.4 is 0 Å². The number of aliphatic imine (C=N–C) groups is 1. The van der Waals surface area contributed by atoms with Crippen LogP contribution in [0.5, 0.6) is 0 Å². The summed E-state index contributed by atoms with van der Waals surface area (Å²) in [5.74, 6) is -0.249. The molecular weight excluding hydrogens is 334 g/mol. The summed E-state index contributed by atoms with van der Waals surface area (Å²) in [4.78, 5) is 18.3. The van der Waals surface area contributed by atoms with E-state index in [9.17, 15) is 4.79 Å². The van der Waals surface area contributed by atoms with Crippen LogP contribution in [0.15, 0.2) is 89.9 Å². The number of rotatable bonds is 5. The lowest BCUT2D eigenvalue weighted by Crippen LogP contribution is -2.45. The Morgan fingerprint density at radius 1 is 0.889 bits per heavy atom. The maximum absolute atomic E-state index is 13.4. The predicted octanol–water partition coefficient (Wildman–Crippen LogP) is 4.86. The van der Waals surface area contributed by atoms with Crippen LogP contribution in [0.3, 0.4) is 0 Å². The van der Waals surface area contributed by atoms with Gasteiger partial charge in [0.1, 0.15) is 5.41 Å². The molecule has 3 aromatic carbocycles. The summed E-state index contributed by atoms with van der Waals surface area (Å²) in [6, 6.07) is 27.9. The van der Waals surface area contributed by atoms with Crippen molar-refractivity contribution in [3.63, 3.8) is 0 Å². The van der Waals surface area contributed by atoms with Gasteiger partial charge in [-0.25, -0.2) is 0 Å². The van der Waals surface area contributed by atoms with Crippen LogP contribution >= 0.6 is 0 Å². The van der Waals surface area contributed by atoms with Crippen LogP contribution in [-0.4, -0.2) is 18.3 Å². The quantitative estimate of drug-likeness (QED) is 0.613. The van der Waals surface area contributed by atoms with Gasteiger partial charge >= 0.3 is 5.97 Å². The van der Waals surface area contributed by atoms with E-state index in [4.69, 9.17) is 9.73 Å². The second-order valence-corrected chi connectivity index (χ2v) is 6.63. The van der Waals surface area contributed by atoms with E-state index in [1.165, 1.54) is 0 Å². The summed E-state index contributed by atoms with van der Waals surface area (Å²) >= 11 is 0. The van der Waals surface area contributed by atoms with Crippen molar-refractivity contribution in [3.05, 3.63) is 102 Å². The summed E-state index contributed by atoms with van der Waals surface area (Å²) < 4.78 is 5.59. The maximum atomic E-state index is 13.4. The number of carbonyl (C=O) groups is 1. The monoisotopic (exact) mass is 355 g/mol. The highest BCUT2D eigenvalue weighted by Crippen LogP contribution is 2.45. The van der Waals surface area contributed by atoms with Crippen molar-refractivity contribution in [3.8, 4) is 0 Å². The van der Waals surface area contributed by atoms with Gasteiger partial charge in [0.05, 0.1) is 18.0 Å². The largest absolute Gasteiger partial charge is 0.465 e. The van der Waals surface area contributed by atoms with E-state index in [0.29, 0.717) is 13.0 Å². The number of esters is 1. The second kappa shape index (κ2) is 7.20. The van der Waals surface area contributed by atoms with Crippen molar-refractivity contribution in [1.29, 1.82) is 0 Å². The zero-order valence-corrected chi connectivity index (χ0v) is 15.3. The average molecular weight is 355 g/mol. The fourth-order valence-electron chi connectivity index (χ4n) is 3.80. The Morgan fingerprint density at radius 2 is 1.52 bits per heavy atom. The first-order valence-corrected chi connectivity index (χ1v) is 9.21. The first kappa shape index (κ1) is 17.2. The number of nitrogens with zero attached hydrogens (tertiary/aromatic N) is 1. The molecule has 3 heteroatoms. The van der Waals surface area contributed by atoms with Gasteiger partial charge in [-0.3, -0.25) is 9.79 Å². The Labute approximate surface area is 159 Å². The van der Waals surface area contributed by atoms with Crippen molar-refractivity contribution in [2.24, 2.45) is 4.99 Å². The zero-order valence-electron chi connectivity index (χ0n) is 15.3. The molecule has 0 saturated heterocycles. The van der Waals surface area contributed by atoms with Crippen LogP contribution in [0, 0.1) is 0 Å². The molecule has 3 nitrogen and oxygen atoms in total. The molecule has 1 atom stereocenters. The highest BCUT2D eigenvalue weighted by Gasteiger charge is 2.51. The highest BCUT2D eigenvalue weighted by molar-refractivity contribution is 6.23. The van der Waals surface area contributed by atoms with Gasteiger partial charge in [-0.2, -0.15) is 0 Å². The van der Waals surface area contributed by atoms with E-state index in [2.05, 4.69) is 0 Å². The minimum atomic E-state index is -0.949. The Bertz CT molecular complexity index is 980. The third kappa shape index (κ3) is 2.95. The molecule has 0 radical (unpaired) electrons. The van der Waals surface area contributed by atoms with Gasteiger partial charge in [-0.05, 0) is 30.5 Å². The number of para-hydroxylation sites is 1. The molecule has 0 saturated carbocycles. The lowest BCUT2D eigenvalue weighted by Gasteiger charge is -2.30. The van der Waals surface area contributed by atoms with Gasteiger partial charge < -0.3 is 4.74 Å². The minimum absolute atomic E-state index is 0.249. The Hall–Kier alpha value is -3.20. The van der Waals surface area contributed by atoms with E-state index in [0.717, 1.165) is 28.1 Å². The SMILES string of the molecule is CCOC(=O)C1(Cc2ccccc2)C(c2ccccc2)=Nc2ccccc21. The molecule has 1 aliphatic rings. The highest BCUT2D eigenvalue weighted by atomic mass is 16.5. The van der Waals surface area contributed by atoms with Crippen LogP contribution in [-0.2, 0) is 21.4 Å². The number of benzene rings is 3. The molecule has 0 bridgehead atoms. The van der Waals surface area contributed by atoms with Crippen molar-refractivity contribution in [1.82, 2.24) is 0 Å². The lowest BCUT2D eigenvalue weighted by molar-refractivity contribution is -0.147. The Balaban J connectivity index is 1.95. The fraction of sp³-hybridized carbons (Fsp3) is 0.167. The van der Waals surface area contributed by atoms with E-state index in [1.54, 1.807) is 0 Å². The molecule has 4 rings (SSSR count). The molecule has 0 N–H and O–H groups in total. The van der Waals surface area contributed by atoms with Crippen molar-refractivity contribution in [2.45, 2.75) is 18.8 Å². The summed E-state index contributed by atoms with van der Waals surface area (Å²) in [6.45, 7) is 2.17. The number of hydrogen-bond acceptors (Lipinski definition) is 3. The molecule has 134 valence electrons. The minimum Gasteiger partial charge on any atom is -0.465 e. The van der Waals surface area contributed by atoms with Crippen LogP contribution in [0.25, 0.3) is 0 Å². The molecular formula is C24H21NO2. The maximum Gasteiger partial charge on any atom is 0.323 e. The van der Waals surface area contributed by atoms with Gasteiger partial charge in [-0.15, -0.1) is 0 Å². The first-order chi connectivity index (χ1) is 13.3. The first-order valence-electron chi connectivity index (χ1n) is 9.21. The summed E-state index contributed by atoms with van der Waals surface area (Å²) in [6.07, 6.45) is 0.511. The number of carbonyl (C=O) groups excluding carboxylic acids is 1. The third-order valence-corrected chi connectivity index (χ3v) is 4.98. The van der Waals surface area contributed by atoms with E-state index < -0.39 is 5.41 Å². The van der Waals surface area contributed by atoms with Gasteiger partial charge in [0.25, 0.3) is 0 Å². The lowest BCUT2D eigenvalue weighted by atomic mass is 9.71.